The molecule has 1 unspecified atom stereocenters. The van der Waals surface area contributed by atoms with Crippen molar-refractivity contribution in [2.24, 2.45) is 0 Å². The fourth-order valence-electron chi connectivity index (χ4n) is 1.68. The van der Waals surface area contributed by atoms with E-state index in [2.05, 4.69) is 6.08 Å². The van der Waals surface area contributed by atoms with Crippen LogP contribution in [0, 0.1) is 0 Å². The molecule has 0 aromatic heterocycles. The van der Waals surface area contributed by atoms with Gasteiger partial charge in [-0.1, -0.05) is 6.08 Å². The molecule has 1 fully saturated rings. The van der Waals surface area contributed by atoms with Gasteiger partial charge in [-0.15, -0.1) is 0 Å². The fraction of sp³-hybridized carbons (Fsp3) is 0.750. The Bertz CT molecular complexity index is 138. The number of rotatable bonds is 0. The molecule has 0 aromatic rings. The van der Waals surface area contributed by atoms with Crippen LogP contribution >= 0.6 is 0 Å². The summed E-state index contributed by atoms with van der Waals surface area (Å²) in [6, 6.07) is 0. The third-order valence-electron chi connectivity index (χ3n) is 2.20. The second kappa shape index (κ2) is 2.14. The lowest BCUT2D eigenvalue weighted by Gasteiger charge is -2.14. The molecule has 9 heavy (non-hydrogen) atoms. The maximum Gasteiger partial charge on any atom is 0.0786 e. The number of allylic oxidation sites excluding steroid dienone is 1. The molecule has 1 nitrogen and oxygen atoms in total. The van der Waals surface area contributed by atoms with E-state index in [4.69, 9.17) is 4.74 Å². The van der Waals surface area contributed by atoms with Gasteiger partial charge in [0.05, 0.1) is 12.7 Å². The van der Waals surface area contributed by atoms with Crippen LogP contribution in [0.15, 0.2) is 11.6 Å². The van der Waals surface area contributed by atoms with Crippen LogP contribution in [-0.2, 0) is 4.74 Å². The number of fused-ring (bicyclic) bond motifs is 1. The van der Waals surface area contributed by atoms with Crippen LogP contribution in [0.4, 0.5) is 0 Å². The van der Waals surface area contributed by atoms with E-state index in [-0.39, 0.29) is 0 Å². The highest BCUT2D eigenvalue weighted by atomic mass is 16.5. The Morgan fingerprint density at radius 1 is 1.56 bits per heavy atom. The summed E-state index contributed by atoms with van der Waals surface area (Å²) in [5.41, 5.74) is 1.57. The molecule has 0 amide bonds. The van der Waals surface area contributed by atoms with Gasteiger partial charge in [-0.2, -0.15) is 0 Å². The van der Waals surface area contributed by atoms with Crippen molar-refractivity contribution in [3.05, 3.63) is 11.6 Å². The molecule has 2 rings (SSSR count). The summed E-state index contributed by atoms with van der Waals surface area (Å²) >= 11 is 0. The van der Waals surface area contributed by atoms with Gasteiger partial charge >= 0.3 is 0 Å². The van der Waals surface area contributed by atoms with E-state index < -0.39 is 0 Å². The summed E-state index contributed by atoms with van der Waals surface area (Å²) in [4.78, 5) is 0. The summed E-state index contributed by atoms with van der Waals surface area (Å²) < 4.78 is 5.49. The Morgan fingerprint density at radius 2 is 2.56 bits per heavy atom. The van der Waals surface area contributed by atoms with Crippen molar-refractivity contribution in [2.75, 3.05) is 6.61 Å². The van der Waals surface area contributed by atoms with Crippen LogP contribution in [0.1, 0.15) is 25.7 Å². The van der Waals surface area contributed by atoms with Crippen LogP contribution in [0.3, 0.4) is 0 Å². The van der Waals surface area contributed by atoms with E-state index >= 15 is 0 Å². The molecular weight excluding hydrogens is 112 g/mol. The third kappa shape index (κ3) is 0.897. The molecule has 50 valence electrons. The van der Waals surface area contributed by atoms with E-state index in [1.165, 1.54) is 25.7 Å². The lowest BCUT2D eigenvalue weighted by Crippen LogP contribution is -2.09. The van der Waals surface area contributed by atoms with Crippen LogP contribution in [0.2, 0.25) is 0 Å². The number of hydrogen-bond donors (Lipinski definition) is 0. The van der Waals surface area contributed by atoms with E-state index in [9.17, 15) is 0 Å². The van der Waals surface area contributed by atoms with Gasteiger partial charge in [0.25, 0.3) is 0 Å². The van der Waals surface area contributed by atoms with Gasteiger partial charge < -0.3 is 4.74 Å². The Kier molecular flexibility index (Phi) is 1.31. The van der Waals surface area contributed by atoms with Gasteiger partial charge in [0.2, 0.25) is 0 Å². The van der Waals surface area contributed by atoms with Crippen molar-refractivity contribution >= 4 is 0 Å². The normalized spacial score (nSPS) is 33.8. The van der Waals surface area contributed by atoms with Crippen LogP contribution in [0.25, 0.3) is 0 Å². The van der Waals surface area contributed by atoms with Gasteiger partial charge in [0.1, 0.15) is 0 Å². The first-order valence-corrected chi connectivity index (χ1v) is 3.77. The molecule has 0 N–H and O–H groups in total. The van der Waals surface area contributed by atoms with Gasteiger partial charge in [0.15, 0.2) is 0 Å². The molecule has 0 bridgehead atoms. The Balaban J connectivity index is 2.16. The van der Waals surface area contributed by atoms with Crippen LogP contribution < -0.4 is 0 Å². The van der Waals surface area contributed by atoms with Gasteiger partial charge in [-0.3, -0.25) is 0 Å². The topological polar surface area (TPSA) is 9.23 Å². The maximum atomic E-state index is 5.49. The van der Waals surface area contributed by atoms with Gasteiger partial charge in [0, 0.05) is 0 Å². The van der Waals surface area contributed by atoms with Crippen molar-refractivity contribution < 1.29 is 4.74 Å². The smallest absolute Gasteiger partial charge is 0.0786 e. The average molecular weight is 124 g/mol. The number of ether oxygens (including phenoxy) is 1. The molecule has 1 aliphatic heterocycles. The molecule has 1 heteroatoms. The highest BCUT2D eigenvalue weighted by Gasteiger charge is 2.22. The Labute approximate surface area is 55.7 Å². The predicted octanol–water partition coefficient (Wildman–Crippen LogP) is 1.89. The molecule has 1 aliphatic carbocycles. The lowest BCUT2D eigenvalue weighted by atomic mass is 9.97. The largest absolute Gasteiger partial charge is 0.374 e. The molecule has 0 spiro atoms. The highest BCUT2D eigenvalue weighted by molar-refractivity contribution is 5.14. The van der Waals surface area contributed by atoms with Gasteiger partial charge in [-0.25, -0.2) is 0 Å². The highest BCUT2D eigenvalue weighted by Crippen LogP contribution is 2.28. The van der Waals surface area contributed by atoms with E-state index in [1.54, 1.807) is 5.57 Å². The second-order valence-corrected chi connectivity index (χ2v) is 2.82. The monoisotopic (exact) mass is 124 g/mol. The molecule has 1 saturated heterocycles. The summed E-state index contributed by atoms with van der Waals surface area (Å²) in [5, 5.41) is 0. The lowest BCUT2D eigenvalue weighted by molar-refractivity contribution is 0.114. The zero-order chi connectivity index (χ0) is 6.10. The van der Waals surface area contributed by atoms with Crippen molar-refractivity contribution in [3.63, 3.8) is 0 Å². The third-order valence-corrected chi connectivity index (χ3v) is 2.20. The minimum Gasteiger partial charge on any atom is -0.374 e. The fourth-order valence-corrected chi connectivity index (χ4v) is 1.68. The molecular formula is C8H12O. The SMILES string of the molecule is C1=C2CCOC2CCC1. The minimum absolute atomic E-state index is 0.527. The molecule has 0 saturated carbocycles. The molecule has 1 atom stereocenters. The predicted molar refractivity (Wildman–Crippen MR) is 36.3 cm³/mol. The van der Waals surface area contributed by atoms with Crippen molar-refractivity contribution in [3.8, 4) is 0 Å². The Hall–Kier alpha value is -0.300. The summed E-state index contributed by atoms with van der Waals surface area (Å²) in [7, 11) is 0. The van der Waals surface area contributed by atoms with Crippen molar-refractivity contribution in [1.82, 2.24) is 0 Å². The maximum absolute atomic E-state index is 5.49. The molecule has 1 heterocycles. The Morgan fingerprint density at radius 3 is 3.44 bits per heavy atom. The van der Waals surface area contributed by atoms with Gasteiger partial charge in [-0.05, 0) is 31.3 Å². The van der Waals surface area contributed by atoms with Crippen molar-refractivity contribution in [2.45, 2.75) is 31.8 Å². The quantitative estimate of drug-likeness (QED) is 0.448. The first kappa shape index (κ1) is 5.48. The summed E-state index contributed by atoms with van der Waals surface area (Å²) in [6.07, 6.45) is 7.97. The zero-order valence-corrected chi connectivity index (χ0v) is 5.60. The van der Waals surface area contributed by atoms with E-state index in [1.807, 2.05) is 0 Å². The van der Waals surface area contributed by atoms with Crippen LogP contribution in [-0.4, -0.2) is 12.7 Å². The van der Waals surface area contributed by atoms with Crippen LogP contribution in [0.5, 0.6) is 0 Å². The summed E-state index contributed by atoms with van der Waals surface area (Å²) in [5.74, 6) is 0. The minimum atomic E-state index is 0.527. The summed E-state index contributed by atoms with van der Waals surface area (Å²) in [6.45, 7) is 0.969. The molecule has 2 aliphatic rings. The zero-order valence-electron chi connectivity index (χ0n) is 5.60. The molecule has 0 radical (unpaired) electrons. The first-order valence-electron chi connectivity index (χ1n) is 3.77. The standard InChI is InChI=1S/C8H12O/c1-2-4-8-7(3-1)5-6-9-8/h3,8H,1-2,4-6H2. The second-order valence-electron chi connectivity index (χ2n) is 2.82. The van der Waals surface area contributed by atoms with Crippen molar-refractivity contribution in [1.29, 1.82) is 0 Å². The van der Waals surface area contributed by atoms with E-state index in [0.29, 0.717) is 6.10 Å². The first-order chi connectivity index (χ1) is 4.47. The van der Waals surface area contributed by atoms with E-state index in [0.717, 1.165) is 6.61 Å². The average Bonchev–Trinajstić information content (AvgIpc) is 2.33. The number of hydrogen-bond acceptors (Lipinski definition) is 1. The molecule has 0 aromatic carbocycles.